The fourth-order valence-electron chi connectivity index (χ4n) is 7.37. The lowest BCUT2D eigenvalue weighted by Gasteiger charge is -2.44. The highest BCUT2D eigenvalue weighted by Gasteiger charge is 2.47. The number of ether oxygens (including phenoxy) is 5. The van der Waals surface area contributed by atoms with Crippen molar-refractivity contribution in [1.82, 2.24) is 0 Å². The second-order valence-corrected chi connectivity index (χ2v) is 12.7. The maximum Gasteiger partial charge on any atom is 0.128 e. The first-order valence-electron chi connectivity index (χ1n) is 16.4. The number of phenols is 1. The van der Waals surface area contributed by atoms with E-state index in [2.05, 4.69) is 0 Å². The molecule has 0 bridgehead atoms. The Labute approximate surface area is 265 Å². The first-order chi connectivity index (χ1) is 21.9. The van der Waals surface area contributed by atoms with Crippen molar-refractivity contribution in [2.45, 2.75) is 82.7 Å². The highest BCUT2D eigenvalue weighted by Crippen LogP contribution is 2.51. The van der Waals surface area contributed by atoms with Gasteiger partial charge in [0.25, 0.3) is 0 Å². The summed E-state index contributed by atoms with van der Waals surface area (Å²) in [6, 6.07) is 15.2. The number of aryl methyl sites for hydroxylation is 1. The van der Waals surface area contributed by atoms with Crippen LogP contribution in [0.15, 0.2) is 48.5 Å². The lowest BCUT2D eigenvalue weighted by Crippen LogP contribution is -2.46. The standard InChI is InChI=1S/C37H46O8/c1-4-23-12-11-22(17-31(23)38)16-24-18-27(44-25-8-5-6-9-25)20-29-35(39)30(21-43-37(24)29)34-33(10-7-15-41-2)45-32-14-13-26(42-3)19-28(32)36(34)40/h11-14,17-20,25,30,33-36,38-40H,4-10,15-16,21H2,1-3H3/t30-,33-,34-,35-,36+/m1/s1. The molecule has 3 N–H and O–H groups in total. The second kappa shape index (κ2) is 13.9. The van der Waals surface area contributed by atoms with Crippen LogP contribution in [0.3, 0.4) is 0 Å². The molecule has 45 heavy (non-hydrogen) atoms. The predicted molar refractivity (Wildman–Crippen MR) is 171 cm³/mol. The molecule has 0 spiro atoms. The van der Waals surface area contributed by atoms with Crippen molar-refractivity contribution in [2.75, 3.05) is 27.4 Å². The molecule has 5 atom stereocenters. The van der Waals surface area contributed by atoms with Crippen LogP contribution in [0.1, 0.15) is 85.5 Å². The number of hydrogen-bond acceptors (Lipinski definition) is 8. The van der Waals surface area contributed by atoms with Gasteiger partial charge in [-0.15, -0.1) is 0 Å². The van der Waals surface area contributed by atoms with E-state index in [4.69, 9.17) is 23.7 Å². The summed E-state index contributed by atoms with van der Waals surface area (Å²) in [5.74, 6) is 2.01. The number of aliphatic hydroxyl groups is 2. The fourth-order valence-corrected chi connectivity index (χ4v) is 7.37. The van der Waals surface area contributed by atoms with Crippen LogP contribution in [0.5, 0.6) is 28.7 Å². The van der Waals surface area contributed by atoms with Crippen LogP contribution in [0.4, 0.5) is 0 Å². The summed E-state index contributed by atoms with van der Waals surface area (Å²) in [6.07, 6.45) is 4.99. The summed E-state index contributed by atoms with van der Waals surface area (Å²) in [4.78, 5) is 0. The first-order valence-corrected chi connectivity index (χ1v) is 16.4. The zero-order valence-electron chi connectivity index (χ0n) is 26.5. The minimum atomic E-state index is -0.921. The van der Waals surface area contributed by atoms with Crippen molar-refractivity contribution in [3.05, 3.63) is 76.3 Å². The van der Waals surface area contributed by atoms with Crippen molar-refractivity contribution < 1.29 is 39.0 Å². The van der Waals surface area contributed by atoms with E-state index in [1.165, 1.54) is 0 Å². The Bertz CT molecular complexity index is 1470. The van der Waals surface area contributed by atoms with Crippen molar-refractivity contribution in [3.63, 3.8) is 0 Å². The molecular weight excluding hydrogens is 572 g/mol. The molecule has 3 aromatic carbocycles. The van der Waals surface area contributed by atoms with Crippen LogP contribution < -0.4 is 18.9 Å². The normalized spacial score (nSPS) is 24.3. The Hall–Kier alpha value is -3.46. The molecule has 1 fully saturated rings. The van der Waals surface area contributed by atoms with Crippen LogP contribution in [-0.4, -0.2) is 55.0 Å². The van der Waals surface area contributed by atoms with Crippen LogP contribution in [0.25, 0.3) is 0 Å². The van der Waals surface area contributed by atoms with Gasteiger partial charge in [-0.05, 0) is 92.5 Å². The second-order valence-electron chi connectivity index (χ2n) is 12.7. The average molecular weight is 619 g/mol. The van der Waals surface area contributed by atoms with E-state index in [1.54, 1.807) is 14.2 Å². The molecule has 1 aliphatic carbocycles. The number of benzene rings is 3. The maximum absolute atomic E-state index is 12.1. The molecule has 3 aromatic rings. The number of hydrogen-bond donors (Lipinski definition) is 3. The summed E-state index contributed by atoms with van der Waals surface area (Å²) in [5, 5.41) is 34.5. The fraction of sp³-hybridized carbons (Fsp3) is 0.514. The molecular formula is C37H46O8. The summed E-state index contributed by atoms with van der Waals surface area (Å²) < 4.78 is 30.3. The molecule has 3 aliphatic rings. The smallest absolute Gasteiger partial charge is 0.128 e. The number of aliphatic hydroxyl groups excluding tert-OH is 2. The van der Waals surface area contributed by atoms with Crippen LogP contribution in [-0.2, 0) is 17.6 Å². The van der Waals surface area contributed by atoms with Crippen LogP contribution in [0.2, 0.25) is 0 Å². The van der Waals surface area contributed by atoms with Crippen molar-refractivity contribution >= 4 is 0 Å². The van der Waals surface area contributed by atoms with Gasteiger partial charge < -0.3 is 39.0 Å². The summed E-state index contributed by atoms with van der Waals surface area (Å²) in [7, 11) is 3.27. The molecule has 8 heteroatoms. The van der Waals surface area contributed by atoms with Gasteiger partial charge in [-0.2, -0.15) is 0 Å². The topological polar surface area (TPSA) is 107 Å². The zero-order valence-corrected chi connectivity index (χ0v) is 26.5. The average Bonchev–Trinajstić information content (AvgIpc) is 3.55. The Morgan fingerprint density at radius 3 is 2.42 bits per heavy atom. The van der Waals surface area contributed by atoms with Gasteiger partial charge in [0, 0.05) is 48.7 Å². The number of methoxy groups -OCH3 is 2. The number of phenolic OH excluding ortho intramolecular Hbond substituents is 1. The molecule has 0 amide bonds. The Morgan fingerprint density at radius 2 is 1.69 bits per heavy atom. The number of fused-ring (bicyclic) bond motifs is 2. The van der Waals surface area contributed by atoms with E-state index < -0.39 is 24.0 Å². The van der Waals surface area contributed by atoms with Gasteiger partial charge in [0.1, 0.15) is 34.9 Å². The van der Waals surface area contributed by atoms with Gasteiger partial charge in [-0.25, -0.2) is 0 Å². The molecule has 2 heterocycles. The lowest BCUT2D eigenvalue weighted by atomic mass is 9.72. The Morgan fingerprint density at radius 1 is 0.889 bits per heavy atom. The Kier molecular flexibility index (Phi) is 9.73. The van der Waals surface area contributed by atoms with Crippen molar-refractivity contribution in [1.29, 1.82) is 0 Å². The molecule has 0 radical (unpaired) electrons. The van der Waals surface area contributed by atoms with Crippen LogP contribution >= 0.6 is 0 Å². The molecule has 2 aliphatic heterocycles. The van der Waals surface area contributed by atoms with Crippen molar-refractivity contribution in [3.8, 4) is 28.7 Å². The molecule has 0 unspecified atom stereocenters. The lowest BCUT2D eigenvalue weighted by molar-refractivity contribution is -0.0889. The quantitative estimate of drug-likeness (QED) is 0.211. The zero-order chi connectivity index (χ0) is 31.5. The Balaban J connectivity index is 1.35. The van der Waals surface area contributed by atoms with Gasteiger partial charge in [0.15, 0.2) is 0 Å². The SMILES string of the molecule is CCc1ccc(Cc2cc(OC3CCCC3)cc3c2OC[C@H]([C@@H]2[C@@H](CCCOC)Oc4ccc(OC)cc4[C@@H]2O)[C@@H]3O)cc1O. The summed E-state index contributed by atoms with van der Waals surface area (Å²) in [5.41, 5.74) is 4.06. The monoisotopic (exact) mass is 618 g/mol. The molecule has 242 valence electrons. The van der Waals surface area contributed by atoms with Gasteiger partial charge >= 0.3 is 0 Å². The van der Waals surface area contributed by atoms with E-state index >= 15 is 0 Å². The van der Waals surface area contributed by atoms with Gasteiger partial charge in [0.2, 0.25) is 0 Å². The third-order valence-corrected chi connectivity index (χ3v) is 9.78. The number of rotatable bonds is 11. The van der Waals surface area contributed by atoms with Crippen LogP contribution in [0, 0.1) is 11.8 Å². The first kappa shape index (κ1) is 31.5. The number of aromatic hydroxyl groups is 1. The maximum atomic E-state index is 12.1. The van der Waals surface area contributed by atoms with Gasteiger partial charge in [-0.3, -0.25) is 0 Å². The van der Waals surface area contributed by atoms with E-state index in [0.29, 0.717) is 53.6 Å². The minimum Gasteiger partial charge on any atom is -0.508 e. The molecule has 0 saturated heterocycles. The van der Waals surface area contributed by atoms with Gasteiger partial charge in [-0.1, -0.05) is 19.1 Å². The molecule has 0 aromatic heterocycles. The van der Waals surface area contributed by atoms with Crippen molar-refractivity contribution in [2.24, 2.45) is 11.8 Å². The van der Waals surface area contributed by atoms with E-state index in [1.807, 2.05) is 55.5 Å². The highest BCUT2D eigenvalue weighted by molar-refractivity contribution is 5.52. The third kappa shape index (κ3) is 6.60. The van der Waals surface area contributed by atoms with Gasteiger partial charge in [0.05, 0.1) is 32.0 Å². The predicted octanol–water partition coefficient (Wildman–Crippen LogP) is 6.45. The minimum absolute atomic E-state index is 0.145. The van der Waals surface area contributed by atoms with E-state index in [9.17, 15) is 15.3 Å². The largest absolute Gasteiger partial charge is 0.508 e. The van der Waals surface area contributed by atoms with E-state index in [0.717, 1.165) is 55.2 Å². The van der Waals surface area contributed by atoms with E-state index in [-0.39, 0.29) is 24.6 Å². The molecule has 8 nitrogen and oxygen atoms in total. The molecule has 1 saturated carbocycles. The highest BCUT2D eigenvalue weighted by atomic mass is 16.5. The third-order valence-electron chi connectivity index (χ3n) is 9.78. The molecule has 6 rings (SSSR count). The summed E-state index contributed by atoms with van der Waals surface area (Å²) in [6.45, 7) is 2.81. The summed E-state index contributed by atoms with van der Waals surface area (Å²) >= 11 is 0.